The van der Waals surface area contributed by atoms with Crippen molar-refractivity contribution in [1.29, 1.82) is 0 Å². The molecule has 2 rings (SSSR count). The molecule has 0 radical (unpaired) electrons. The summed E-state index contributed by atoms with van der Waals surface area (Å²) < 4.78 is 0. The summed E-state index contributed by atoms with van der Waals surface area (Å²) in [5.41, 5.74) is 0. The molecule has 6 heteroatoms. The molecule has 0 aromatic carbocycles. The number of carboxylic acid groups (broad SMARTS) is 1. The standard InChI is InChI=1S/C14H22N2O4/c1-3-11-12(17)15-4-5-16(11)13(18)9-6-8(2)7-10(9)14(19)20/h8-11H,3-7H2,1-2H3,(H,15,17)(H,19,20)/t8?,9-,10+,11?/m0/s1. The summed E-state index contributed by atoms with van der Waals surface area (Å²) in [6.45, 7) is 4.76. The molecular formula is C14H22N2O4. The quantitative estimate of drug-likeness (QED) is 0.788. The van der Waals surface area contributed by atoms with Crippen LogP contribution in [-0.4, -0.2) is 46.9 Å². The molecule has 0 aromatic rings. The molecule has 1 saturated heterocycles. The van der Waals surface area contributed by atoms with E-state index in [1.807, 2.05) is 13.8 Å². The maximum Gasteiger partial charge on any atom is 0.307 e. The molecule has 1 saturated carbocycles. The Hall–Kier alpha value is -1.59. The third-order valence-corrected chi connectivity index (χ3v) is 4.43. The predicted molar refractivity (Wildman–Crippen MR) is 71.8 cm³/mol. The van der Waals surface area contributed by atoms with Gasteiger partial charge in [0.15, 0.2) is 0 Å². The Labute approximate surface area is 118 Å². The first-order chi connectivity index (χ1) is 9.45. The molecule has 20 heavy (non-hydrogen) atoms. The second-order valence-corrected chi connectivity index (χ2v) is 5.87. The number of piperazine rings is 1. The van der Waals surface area contributed by atoms with Crippen LogP contribution in [0.1, 0.15) is 33.1 Å². The fraction of sp³-hybridized carbons (Fsp3) is 0.786. The van der Waals surface area contributed by atoms with Crippen molar-refractivity contribution in [1.82, 2.24) is 10.2 Å². The van der Waals surface area contributed by atoms with Crippen LogP contribution in [0.4, 0.5) is 0 Å². The highest BCUT2D eigenvalue weighted by Crippen LogP contribution is 2.38. The number of aliphatic carboxylic acids is 1. The van der Waals surface area contributed by atoms with Crippen molar-refractivity contribution in [2.24, 2.45) is 17.8 Å². The lowest BCUT2D eigenvalue weighted by atomic mass is 9.93. The number of rotatable bonds is 3. The second-order valence-electron chi connectivity index (χ2n) is 5.87. The summed E-state index contributed by atoms with van der Waals surface area (Å²) in [6, 6.07) is -0.457. The zero-order valence-electron chi connectivity index (χ0n) is 12.0. The van der Waals surface area contributed by atoms with E-state index in [0.29, 0.717) is 32.4 Å². The molecule has 1 aliphatic heterocycles. The fourth-order valence-electron chi connectivity index (χ4n) is 3.43. The summed E-state index contributed by atoms with van der Waals surface area (Å²) in [7, 11) is 0. The van der Waals surface area contributed by atoms with Gasteiger partial charge in [-0.15, -0.1) is 0 Å². The maximum atomic E-state index is 12.7. The minimum atomic E-state index is -0.901. The van der Waals surface area contributed by atoms with Crippen LogP contribution in [0.3, 0.4) is 0 Å². The van der Waals surface area contributed by atoms with Gasteiger partial charge < -0.3 is 15.3 Å². The zero-order valence-corrected chi connectivity index (χ0v) is 12.0. The van der Waals surface area contributed by atoms with Crippen LogP contribution in [0, 0.1) is 17.8 Å². The van der Waals surface area contributed by atoms with E-state index in [9.17, 15) is 19.5 Å². The van der Waals surface area contributed by atoms with E-state index in [4.69, 9.17) is 0 Å². The van der Waals surface area contributed by atoms with E-state index in [-0.39, 0.29) is 17.7 Å². The first-order valence-electron chi connectivity index (χ1n) is 7.26. The molecule has 2 unspecified atom stereocenters. The van der Waals surface area contributed by atoms with Crippen molar-refractivity contribution < 1.29 is 19.5 Å². The van der Waals surface area contributed by atoms with E-state index >= 15 is 0 Å². The average molecular weight is 282 g/mol. The van der Waals surface area contributed by atoms with Gasteiger partial charge in [0, 0.05) is 13.1 Å². The highest BCUT2D eigenvalue weighted by Gasteiger charge is 2.45. The molecule has 2 aliphatic rings. The van der Waals surface area contributed by atoms with E-state index in [1.165, 1.54) is 0 Å². The van der Waals surface area contributed by atoms with Gasteiger partial charge in [-0.1, -0.05) is 13.8 Å². The van der Waals surface area contributed by atoms with Crippen LogP contribution < -0.4 is 5.32 Å². The van der Waals surface area contributed by atoms with Crippen molar-refractivity contribution in [2.75, 3.05) is 13.1 Å². The van der Waals surface area contributed by atoms with Crippen LogP contribution >= 0.6 is 0 Å². The lowest BCUT2D eigenvalue weighted by Crippen LogP contribution is -2.58. The molecule has 112 valence electrons. The molecule has 2 fully saturated rings. The Bertz CT molecular complexity index is 417. The maximum absolute atomic E-state index is 12.7. The van der Waals surface area contributed by atoms with Crippen LogP contribution in [0.15, 0.2) is 0 Å². The molecule has 1 aliphatic carbocycles. The van der Waals surface area contributed by atoms with Gasteiger partial charge in [0.25, 0.3) is 0 Å². The Morgan fingerprint density at radius 1 is 1.35 bits per heavy atom. The van der Waals surface area contributed by atoms with Gasteiger partial charge in [0.2, 0.25) is 11.8 Å². The molecular weight excluding hydrogens is 260 g/mol. The summed E-state index contributed by atoms with van der Waals surface area (Å²) in [4.78, 5) is 37.4. The van der Waals surface area contributed by atoms with E-state index in [0.717, 1.165) is 0 Å². The number of hydrogen-bond acceptors (Lipinski definition) is 3. The Morgan fingerprint density at radius 2 is 2.00 bits per heavy atom. The Morgan fingerprint density at radius 3 is 2.60 bits per heavy atom. The fourth-order valence-corrected chi connectivity index (χ4v) is 3.43. The molecule has 2 N–H and O–H groups in total. The zero-order chi connectivity index (χ0) is 14.9. The monoisotopic (exact) mass is 282 g/mol. The average Bonchev–Trinajstić information content (AvgIpc) is 2.80. The first-order valence-corrected chi connectivity index (χ1v) is 7.26. The highest BCUT2D eigenvalue weighted by molar-refractivity contribution is 5.91. The third-order valence-electron chi connectivity index (χ3n) is 4.43. The number of amides is 2. The summed E-state index contributed by atoms with van der Waals surface area (Å²) in [5.74, 6) is -2.05. The molecule has 0 bridgehead atoms. The lowest BCUT2D eigenvalue weighted by molar-refractivity contribution is -0.152. The number of nitrogens with zero attached hydrogens (tertiary/aromatic N) is 1. The van der Waals surface area contributed by atoms with Gasteiger partial charge in [0.05, 0.1) is 11.8 Å². The van der Waals surface area contributed by atoms with Crippen molar-refractivity contribution >= 4 is 17.8 Å². The SMILES string of the molecule is CCC1C(=O)NCCN1C(=O)[C@H]1CC(C)C[C@H]1C(=O)O. The van der Waals surface area contributed by atoms with Crippen molar-refractivity contribution in [3.63, 3.8) is 0 Å². The number of carbonyl (C=O) groups is 3. The first kappa shape index (κ1) is 14.8. The number of hydrogen-bond donors (Lipinski definition) is 2. The second kappa shape index (κ2) is 5.81. The summed E-state index contributed by atoms with van der Waals surface area (Å²) in [5, 5.41) is 12.0. The van der Waals surface area contributed by atoms with Crippen LogP contribution in [0.2, 0.25) is 0 Å². The summed E-state index contributed by atoms with van der Waals surface area (Å²) in [6.07, 6.45) is 1.70. The molecule has 0 aromatic heterocycles. The minimum absolute atomic E-state index is 0.134. The van der Waals surface area contributed by atoms with E-state index in [1.54, 1.807) is 4.90 Å². The van der Waals surface area contributed by atoms with Crippen molar-refractivity contribution in [3.8, 4) is 0 Å². The topological polar surface area (TPSA) is 86.7 Å². The molecule has 2 amide bonds. The van der Waals surface area contributed by atoms with Crippen LogP contribution in [0.5, 0.6) is 0 Å². The molecule has 1 heterocycles. The number of nitrogens with one attached hydrogen (secondary N) is 1. The lowest BCUT2D eigenvalue weighted by Gasteiger charge is -2.36. The number of carbonyl (C=O) groups excluding carboxylic acids is 2. The van der Waals surface area contributed by atoms with Gasteiger partial charge in [0.1, 0.15) is 6.04 Å². The largest absolute Gasteiger partial charge is 0.481 e. The Balaban J connectivity index is 2.16. The van der Waals surface area contributed by atoms with E-state index in [2.05, 4.69) is 5.32 Å². The smallest absolute Gasteiger partial charge is 0.307 e. The molecule has 0 spiro atoms. The van der Waals surface area contributed by atoms with Gasteiger partial charge in [-0.25, -0.2) is 0 Å². The normalized spacial score (nSPS) is 33.9. The molecule has 6 nitrogen and oxygen atoms in total. The predicted octanol–water partition coefficient (Wildman–Crippen LogP) is 0.470. The van der Waals surface area contributed by atoms with Gasteiger partial charge in [-0.3, -0.25) is 14.4 Å². The highest BCUT2D eigenvalue weighted by atomic mass is 16.4. The van der Waals surface area contributed by atoms with Crippen molar-refractivity contribution in [3.05, 3.63) is 0 Å². The third kappa shape index (κ3) is 2.64. The van der Waals surface area contributed by atoms with E-state index < -0.39 is 23.8 Å². The van der Waals surface area contributed by atoms with Gasteiger partial charge >= 0.3 is 5.97 Å². The van der Waals surface area contributed by atoms with Crippen LogP contribution in [-0.2, 0) is 14.4 Å². The minimum Gasteiger partial charge on any atom is -0.481 e. The van der Waals surface area contributed by atoms with Crippen molar-refractivity contribution in [2.45, 2.75) is 39.2 Å². The summed E-state index contributed by atoms with van der Waals surface area (Å²) >= 11 is 0. The van der Waals surface area contributed by atoms with Crippen LogP contribution in [0.25, 0.3) is 0 Å². The van der Waals surface area contributed by atoms with Gasteiger partial charge in [-0.05, 0) is 25.2 Å². The number of carboxylic acids is 1. The molecule has 4 atom stereocenters. The van der Waals surface area contributed by atoms with Gasteiger partial charge in [-0.2, -0.15) is 0 Å². The Kier molecular flexibility index (Phi) is 4.30.